The van der Waals surface area contributed by atoms with Crippen molar-refractivity contribution in [2.45, 2.75) is 26.5 Å². The van der Waals surface area contributed by atoms with E-state index in [1.165, 1.54) is 6.07 Å². The second-order valence-electron chi connectivity index (χ2n) is 3.22. The first kappa shape index (κ1) is 11.1. The van der Waals surface area contributed by atoms with Gasteiger partial charge in [-0.3, -0.25) is 9.78 Å². The van der Waals surface area contributed by atoms with Crippen LogP contribution in [0.1, 0.15) is 13.8 Å². The van der Waals surface area contributed by atoms with Crippen LogP contribution in [0.15, 0.2) is 17.1 Å². The topological polar surface area (TPSA) is 47.0 Å². The number of rotatable bonds is 4. The van der Waals surface area contributed by atoms with Crippen LogP contribution in [0, 0.1) is 4.77 Å². The lowest BCUT2D eigenvalue weighted by molar-refractivity contribution is 0.0723. The van der Waals surface area contributed by atoms with Gasteiger partial charge in [0.1, 0.15) is 0 Å². The van der Waals surface area contributed by atoms with E-state index >= 15 is 0 Å². The molecule has 14 heavy (non-hydrogen) atoms. The lowest BCUT2D eigenvalue weighted by Gasteiger charge is -2.09. The second-order valence-corrected chi connectivity index (χ2v) is 3.61. The molecule has 0 atom stereocenters. The van der Waals surface area contributed by atoms with E-state index in [2.05, 4.69) is 4.98 Å². The van der Waals surface area contributed by atoms with Gasteiger partial charge in [0.05, 0.1) is 12.7 Å². The van der Waals surface area contributed by atoms with Crippen molar-refractivity contribution in [3.05, 3.63) is 27.4 Å². The first-order valence-electron chi connectivity index (χ1n) is 4.51. The van der Waals surface area contributed by atoms with Crippen LogP contribution >= 0.6 is 12.2 Å². The molecule has 78 valence electrons. The first-order valence-corrected chi connectivity index (χ1v) is 4.92. The van der Waals surface area contributed by atoms with Gasteiger partial charge in [-0.2, -0.15) is 0 Å². The summed E-state index contributed by atoms with van der Waals surface area (Å²) in [5.41, 5.74) is -0.170. The molecule has 0 amide bonds. The van der Waals surface area contributed by atoms with Crippen LogP contribution in [0.2, 0.25) is 0 Å². The van der Waals surface area contributed by atoms with Crippen LogP contribution in [0.4, 0.5) is 0 Å². The van der Waals surface area contributed by atoms with Gasteiger partial charge >= 0.3 is 0 Å². The van der Waals surface area contributed by atoms with Crippen molar-refractivity contribution < 1.29 is 4.74 Å². The van der Waals surface area contributed by atoms with Gasteiger partial charge in [-0.05, 0) is 26.1 Å². The molecule has 0 aromatic carbocycles. The highest BCUT2D eigenvalue weighted by atomic mass is 32.1. The predicted octanol–water partition coefficient (Wildman–Crippen LogP) is 1.33. The van der Waals surface area contributed by atoms with Crippen molar-refractivity contribution >= 4 is 12.2 Å². The molecule has 0 radical (unpaired) electrons. The van der Waals surface area contributed by atoms with Gasteiger partial charge in [-0.1, -0.05) is 0 Å². The summed E-state index contributed by atoms with van der Waals surface area (Å²) in [6, 6.07) is 1.45. The number of nitrogens with one attached hydrogen (secondary N) is 1. The number of hydrogen-bond acceptors (Lipinski definition) is 3. The molecule has 4 nitrogen and oxygen atoms in total. The lowest BCUT2D eigenvalue weighted by atomic mass is 10.5. The fourth-order valence-corrected chi connectivity index (χ4v) is 1.26. The number of ether oxygens (including phenoxy) is 1. The monoisotopic (exact) mass is 214 g/mol. The zero-order valence-corrected chi connectivity index (χ0v) is 9.13. The highest BCUT2D eigenvalue weighted by Crippen LogP contribution is 1.91. The normalized spacial score (nSPS) is 10.8. The van der Waals surface area contributed by atoms with Crippen molar-refractivity contribution in [1.82, 2.24) is 9.55 Å². The fraction of sp³-hybridized carbons (Fsp3) is 0.556. The van der Waals surface area contributed by atoms with Crippen LogP contribution in [0.3, 0.4) is 0 Å². The largest absolute Gasteiger partial charge is 0.377 e. The summed E-state index contributed by atoms with van der Waals surface area (Å²) >= 11 is 4.97. The summed E-state index contributed by atoms with van der Waals surface area (Å²) in [5, 5.41) is 0. The van der Waals surface area contributed by atoms with E-state index in [0.29, 0.717) is 17.9 Å². The van der Waals surface area contributed by atoms with Crippen LogP contribution in [0.5, 0.6) is 0 Å². The van der Waals surface area contributed by atoms with Gasteiger partial charge in [0.15, 0.2) is 4.77 Å². The highest BCUT2D eigenvalue weighted by molar-refractivity contribution is 7.71. The predicted molar refractivity (Wildman–Crippen MR) is 57.0 cm³/mol. The molecule has 0 aliphatic heterocycles. The third kappa shape index (κ3) is 3.43. The zero-order valence-electron chi connectivity index (χ0n) is 8.32. The van der Waals surface area contributed by atoms with Crippen molar-refractivity contribution in [3.8, 4) is 0 Å². The van der Waals surface area contributed by atoms with Crippen LogP contribution < -0.4 is 5.56 Å². The van der Waals surface area contributed by atoms with Crippen LogP contribution in [-0.4, -0.2) is 22.3 Å². The quantitative estimate of drug-likeness (QED) is 0.769. The summed E-state index contributed by atoms with van der Waals surface area (Å²) < 4.78 is 7.58. The summed E-state index contributed by atoms with van der Waals surface area (Å²) in [5.74, 6) is 0. The molecule has 5 heteroatoms. The number of aromatic amines is 1. The Morgan fingerprint density at radius 1 is 1.64 bits per heavy atom. The molecular formula is C9H14N2O2S. The Morgan fingerprint density at radius 3 is 2.93 bits per heavy atom. The number of aromatic nitrogens is 2. The summed E-state index contributed by atoms with van der Waals surface area (Å²) in [7, 11) is 0. The Labute approximate surface area is 87.5 Å². The van der Waals surface area contributed by atoms with Gasteiger partial charge in [0.2, 0.25) is 0 Å². The molecule has 0 unspecified atom stereocenters. The summed E-state index contributed by atoms with van der Waals surface area (Å²) in [6.45, 7) is 5.21. The molecular weight excluding hydrogens is 200 g/mol. The van der Waals surface area contributed by atoms with Gasteiger partial charge in [-0.25, -0.2) is 0 Å². The molecule has 1 aromatic rings. The Hall–Kier alpha value is -0.940. The summed E-state index contributed by atoms with van der Waals surface area (Å²) in [4.78, 5) is 13.4. The zero-order chi connectivity index (χ0) is 10.6. The van der Waals surface area contributed by atoms with E-state index in [4.69, 9.17) is 17.0 Å². The van der Waals surface area contributed by atoms with E-state index in [-0.39, 0.29) is 11.7 Å². The number of H-pyrrole nitrogens is 1. The van der Waals surface area contributed by atoms with Crippen molar-refractivity contribution in [2.24, 2.45) is 0 Å². The molecule has 0 bridgehead atoms. The average Bonchev–Trinajstić information content (AvgIpc) is 2.08. The smallest absolute Gasteiger partial charge is 0.251 e. The Morgan fingerprint density at radius 2 is 2.36 bits per heavy atom. The molecule has 0 saturated carbocycles. The Bertz CT molecular complexity index is 394. The van der Waals surface area contributed by atoms with E-state index < -0.39 is 0 Å². The van der Waals surface area contributed by atoms with E-state index in [9.17, 15) is 4.79 Å². The fourth-order valence-electron chi connectivity index (χ4n) is 1.01. The van der Waals surface area contributed by atoms with Crippen molar-refractivity contribution in [1.29, 1.82) is 0 Å². The standard InChI is InChI=1S/C9H14N2O2S/c1-7(2)13-6-5-11-4-3-8(12)10-9(11)14/h3-4,7H,5-6H2,1-2H3,(H,10,12,14). The molecule has 0 aliphatic carbocycles. The number of hydrogen-bond donors (Lipinski definition) is 1. The van der Waals surface area contributed by atoms with E-state index in [1.807, 2.05) is 13.8 Å². The summed E-state index contributed by atoms with van der Waals surface area (Å²) in [6.07, 6.45) is 1.89. The molecule has 1 N–H and O–H groups in total. The number of nitrogens with zero attached hydrogens (tertiary/aromatic N) is 1. The maximum atomic E-state index is 10.9. The van der Waals surface area contributed by atoms with Crippen LogP contribution in [-0.2, 0) is 11.3 Å². The third-order valence-corrected chi connectivity index (χ3v) is 2.02. The molecule has 1 rings (SSSR count). The SMILES string of the molecule is CC(C)OCCn1ccc(=O)[nH]c1=S. The Balaban J connectivity index is 2.60. The minimum atomic E-state index is -0.170. The van der Waals surface area contributed by atoms with E-state index in [0.717, 1.165) is 0 Å². The molecule has 0 fully saturated rings. The molecule has 0 aliphatic rings. The van der Waals surface area contributed by atoms with E-state index in [1.54, 1.807) is 10.8 Å². The third-order valence-electron chi connectivity index (χ3n) is 1.68. The van der Waals surface area contributed by atoms with Gasteiger partial charge in [0.25, 0.3) is 5.56 Å². The molecule has 0 spiro atoms. The lowest BCUT2D eigenvalue weighted by Crippen LogP contribution is -2.15. The molecule has 1 aromatic heterocycles. The van der Waals surface area contributed by atoms with Crippen molar-refractivity contribution in [3.63, 3.8) is 0 Å². The van der Waals surface area contributed by atoms with Gasteiger partial charge in [0, 0.05) is 18.8 Å². The minimum Gasteiger partial charge on any atom is -0.377 e. The second kappa shape index (κ2) is 5.07. The van der Waals surface area contributed by atoms with Crippen LogP contribution in [0.25, 0.3) is 0 Å². The minimum absolute atomic E-state index is 0.170. The molecule has 0 saturated heterocycles. The Kier molecular flexibility index (Phi) is 4.03. The maximum absolute atomic E-state index is 10.9. The average molecular weight is 214 g/mol. The maximum Gasteiger partial charge on any atom is 0.251 e. The first-order chi connectivity index (χ1) is 6.59. The van der Waals surface area contributed by atoms with Gasteiger partial charge < -0.3 is 9.30 Å². The highest BCUT2D eigenvalue weighted by Gasteiger charge is 1.95. The van der Waals surface area contributed by atoms with Gasteiger partial charge in [-0.15, -0.1) is 0 Å². The van der Waals surface area contributed by atoms with Crippen molar-refractivity contribution in [2.75, 3.05) is 6.61 Å². The molecule has 1 heterocycles.